The number of benzene rings is 2. The van der Waals surface area contributed by atoms with E-state index < -0.39 is 11.7 Å². The molecule has 0 aliphatic heterocycles. The molecule has 0 aromatic heterocycles. The van der Waals surface area contributed by atoms with E-state index in [1.54, 1.807) is 39.0 Å². The molecule has 3 amide bonds. The number of anilines is 1. The third-order valence-electron chi connectivity index (χ3n) is 3.70. The summed E-state index contributed by atoms with van der Waals surface area (Å²) in [6.45, 7) is 5.34. The maximum atomic E-state index is 12.2. The molecule has 0 fully saturated rings. The van der Waals surface area contributed by atoms with Gasteiger partial charge in [0.25, 0.3) is 0 Å². The molecular weight excluding hydrogens is 370 g/mol. The molecule has 2 aromatic rings. The maximum absolute atomic E-state index is 12.2. The van der Waals surface area contributed by atoms with E-state index in [-0.39, 0.29) is 31.3 Å². The van der Waals surface area contributed by atoms with E-state index in [1.165, 1.54) is 0 Å². The summed E-state index contributed by atoms with van der Waals surface area (Å²) in [5.41, 5.74) is 1.80. The third kappa shape index (κ3) is 8.92. The summed E-state index contributed by atoms with van der Waals surface area (Å²) in [4.78, 5) is 35.6. The van der Waals surface area contributed by atoms with Crippen molar-refractivity contribution in [2.24, 2.45) is 0 Å². The second kappa shape index (κ2) is 10.3. The van der Waals surface area contributed by atoms with Gasteiger partial charge in [-0.15, -0.1) is 0 Å². The molecule has 0 radical (unpaired) electrons. The highest BCUT2D eigenvalue weighted by Gasteiger charge is 2.16. The van der Waals surface area contributed by atoms with Crippen LogP contribution in [-0.2, 0) is 27.3 Å². The SMILES string of the molecule is CC(C)(C)OC(=O)NCC(=O)NCc1cccc(NC(=O)Cc2ccccc2)c1. The number of ether oxygens (including phenoxy) is 1. The summed E-state index contributed by atoms with van der Waals surface area (Å²) in [5.74, 6) is -0.451. The highest BCUT2D eigenvalue weighted by atomic mass is 16.6. The van der Waals surface area contributed by atoms with Crippen molar-refractivity contribution >= 4 is 23.6 Å². The van der Waals surface area contributed by atoms with Crippen LogP contribution in [0.3, 0.4) is 0 Å². The summed E-state index contributed by atoms with van der Waals surface area (Å²) < 4.78 is 5.08. The fraction of sp³-hybridized carbons (Fsp3) is 0.318. The Hall–Kier alpha value is -3.35. The van der Waals surface area contributed by atoms with E-state index in [0.29, 0.717) is 5.69 Å². The topological polar surface area (TPSA) is 96.5 Å². The minimum absolute atomic E-state index is 0.112. The van der Waals surface area contributed by atoms with Gasteiger partial charge in [-0.3, -0.25) is 9.59 Å². The predicted octanol–water partition coefficient (Wildman–Crippen LogP) is 3.01. The van der Waals surface area contributed by atoms with E-state index in [4.69, 9.17) is 4.74 Å². The lowest BCUT2D eigenvalue weighted by Gasteiger charge is -2.19. The Morgan fingerprint density at radius 2 is 1.55 bits per heavy atom. The number of alkyl carbamates (subject to hydrolysis) is 1. The standard InChI is InChI=1S/C22H27N3O4/c1-22(2,3)29-21(28)24-15-20(27)23-14-17-10-7-11-18(12-17)25-19(26)13-16-8-5-4-6-9-16/h4-12H,13-15H2,1-3H3,(H,23,27)(H,24,28)(H,25,26). The molecule has 0 bridgehead atoms. The summed E-state index contributed by atoms with van der Waals surface area (Å²) >= 11 is 0. The molecule has 0 spiro atoms. The maximum Gasteiger partial charge on any atom is 0.408 e. The van der Waals surface area contributed by atoms with Gasteiger partial charge >= 0.3 is 6.09 Å². The molecule has 2 aromatic carbocycles. The van der Waals surface area contributed by atoms with Crippen LogP contribution in [0.25, 0.3) is 0 Å². The fourth-order valence-corrected chi connectivity index (χ4v) is 2.48. The number of nitrogens with one attached hydrogen (secondary N) is 3. The second-order valence-electron chi connectivity index (χ2n) is 7.54. The van der Waals surface area contributed by atoms with Crippen LogP contribution >= 0.6 is 0 Å². The van der Waals surface area contributed by atoms with Gasteiger partial charge in [0.1, 0.15) is 12.1 Å². The van der Waals surface area contributed by atoms with Crippen molar-refractivity contribution in [2.45, 2.75) is 39.3 Å². The van der Waals surface area contributed by atoms with Gasteiger partial charge in [0.2, 0.25) is 11.8 Å². The van der Waals surface area contributed by atoms with E-state index in [0.717, 1.165) is 11.1 Å². The van der Waals surface area contributed by atoms with E-state index in [1.807, 2.05) is 36.4 Å². The molecule has 0 aliphatic rings. The normalized spacial score (nSPS) is 10.7. The molecule has 0 saturated carbocycles. The van der Waals surface area contributed by atoms with Crippen molar-refractivity contribution in [2.75, 3.05) is 11.9 Å². The van der Waals surface area contributed by atoms with Crippen molar-refractivity contribution in [1.82, 2.24) is 10.6 Å². The molecule has 3 N–H and O–H groups in total. The summed E-state index contributed by atoms with van der Waals surface area (Å²) in [6, 6.07) is 16.7. The Bertz CT molecular complexity index is 845. The first-order valence-electron chi connectivity index (χ1n) is 9.37. The van der Waals surface area contributed by atoms with Crippen molar-refractivity contribution in [3.05, 3.63) is 65.7 Å². The van der Waals surface area contributed by atoms with Crippen molar-refractivity contribution in [3.8, 4) is 0 Å². The molecule has 29 heavy (non-hydrogen) atoms. The van der Waals surface area contributed by atoms with Crippen LogP contribution in [0.5, 0.6) is 0 Å². The molecule has 0 atom stereocenters. The Balaban J connectivity index is 1.78. The minimum atomic E-state index is -0.643. The van der Waals surface area contributed by atoms with E-state index in [2.05, 4.69) is 16.0 Å². The average Bonchev–Trinajstić information content (AvgIpc) is 2.64. The van der Waals surface area contributed by atoms with Gasteiger partial charge in [-0.25, -0.2) is 4.79 Å². The Morgan fingerprint density at radius 1 is 0.862 bits per heavy atom. The molecule has 7 nitrogen and oxygen atoms in total. The summed E-state index contributed by atoms with van der Waals surface area (Å²) in [6.07, 6.45) is -0.353. The number of hydrogen-bond donors (Lipinski definition) is 3. The van der Waals surface area contributed by atoms with Gasteiger partial charge in [-0.2, -0.15) is 0 Å². The van der Waals surface area contributed by atoms with Crippen LogP contribution in [0.4, 0.5) is 10.5 Å². The summed E-state index contributed by atoms with van der Waals surface area (Å²) in [5, 5.41) is 7.98. The van der Waals surface area contributed by atoms with Crippen molar-refractivity contribution in [3.63, 3.8) is 0 Å². The largest absolute Gasteiger partial charge is 0.444 e. The summed E-state index contributed by atoms with van der Waals surface area (Å²) in [7, 11) is 0. The van der Waals surface area contributed by atoms with Gasteiger partial charge < -0.3 is 20.7 Å². The molecule has 2 rings (SSSR count). The Morgan fingerprint density at radius 3 is 2.24 bits per heavy atom. The molecule has 7 heteroatoms. The number of rotatable bonds is 7. The van der Waals surface area contributed by atoms with Gasteiger partial charge in [-0.1, -0.05) is 42.5 Å². The Labute approximate surface area is 170 Å². The highest BCUT2D eigenvalue weighted by Crippen LogP contribution is 2.11. The molecule has 0 heterocycles. The zero-order valence-electron chi connectivity index (χ0n) is 17.0. The molecular formula is C22H27N3O4. The first-order chi connectivity index (χ1) is 13.7. The van der Waals surface area contributed by atoms with Gasteiger partial charge in [0.15, 0.2) is 0 Å². The van der Waals surface area contributed by atoms with Crippen LogP contribution < -0.4 is 16.0 Å². The average molecular weight is 397 g/mol. The molecule has 0 unspecified atom stereocenters. The number of carbonyl (C=O) groups is 3. The third-order valence-corrected chi connectivity index (χ3v) is 3.70. The zero-order chi connectivity index (χ0) is 21.3. The first-order valence-corrected chi connectivity index (χ1v) is 9.37. The van der Waals surface area contributed by atoms with Crippen molar-refractivity contribution < 1.29 is 19.1 Å². The van der Waals surface area contributed by atoms with Crippen LogP contribution in [0.2, 0.25) is 0 Å². The lowest BCUT2D eigenvalue weighted by Crippen LogP contribution is -2.39. The Kier molecular flexibility index (Phi) is 7.77. The van der Waals surface area contributed by atoms with E-state index in [9.17, 15) is 14.4 Å². The monoisotopic (exact) mass is 397 g/mol. The first kappa shape index (κ1) is 21.9. The van der Waals surface area contributed by atoms with Crippen molar-refractivity contribution in [1.29, 1.82) is 0 Å². The van der Waals surface area contributed by atoms with E-state index >= 15 is 0 Å². The lowest BCUT2D eigenvalue weighted by atomic mass is 10.1. The van der Waals surface area contributed by atoms with Crippen LogP contribution in [0.15, 0.2) is 54.6 Å². The minimum Gasteiger partial charge on any atom is -0.444 e. The highest BCUT2D eigenvalue weighted by molar-refractivity contribution is 5.92. The number of hydrogen-bond acceptors (Lipinski definition) is 4. The smallest absolute Gasteiger partial charge is 0.408 e. The molecule has 0 saturated heterocycles. The quantitative estimate of drug-likeness (QED) is 0.669. The number of carbonyl (C=O) groups excluding carboxylic acids is 3. The van der Waals surface area contributed by atoms with Crippen LogP contribution in [0.1, 0.15) is 31.9 Å². The fourth-order valence-electron chi connectivity index (χ4n) is 2.48. The van der Waals surface area contributed by atoms with Gasteiger partial charge in [0.05, 0.1) is 6.42 Å². The molecule has 154 valence electrons. The van der Waals surface area contributed by atoms with Crippen LogP contribution in [-0.4, -0.2) is 30.1 Å². The van der Waals surface area contributed by atoms with Gasteiger partial charge in [-0.05, 0) is 44.0 Å². The molecule has 0 aliphatic carbocycles. The lowest BCUT2D eigenvalue weighted by molar-refractivity contribution is -0.120. The zero-order valence-corrected chi connectivity index (χ0v) is 17.0. The number of amides is 3. The van der Waals surface area contributed by atoms with Gasteiger partial charge in [0, 0.05) is 12.2 Å². The second-order valence-corrected chi connectivity index (χ2v) is 7.54. The predicted molar refractivity (Wildman–Crippen MR) is 111 cm³/mol. The van der Waals surface area contributed by atoms with Crippen LogP contribution in [0, 0.1) is 0 Å².